The van der Waals surface area contributed by atoms with Crippen LogP contribution in [0, 0.1) is 23.7 Å². The summed E-state index contributed by atoms with van der Waals surface area (Å²) in [4.78, 5) is 0. The van der Waals surface area contributed by atoms with Crippen molar-refractivity contribution in [3.8, 4) is 0 Å². The van der Waals surface area contributed by atoms with E-state index in [0.29, 0.717) is 35.5 Å². The van der Waals surface area contributed by atoms with Crippen molar-refractivity contribution in [2.75, 3.05) is 14.2 Å². The van der Waals surface area contributed by atoms with Crippen LogP contribution in [0.25, 0.3) is 0 Å². The van der Waals surface area contributed by atoms with E-state index in [1.54, 1.807) is 14.2 Å². The molecule has 3 heteroatoms. The van der Waals surface area contributed by atoms with Gasteiger partial charge in [0.05, 0.1) is 11.7 Å². The van der Waals surface area contributed by atoms with Gasteiger partial charge in [0.15, 0.2) is 5.79 Å². The molecule has 2 saturated carbocycles. The number of hydrogen-bond acceptors (Lipinski definition) is 3. The van der Waals surface area contributed by atoms with Crippen LogP contribution in [0.2, 0.25) is 0 Å². The fraction of sp³-hybridized carbons (Fsp3) is 0.636. The fourth-order valence-corrected chi connectivity index (χ4v) is 6.66. The molecule has 0 aliphatic heterocycles. The first-order valence-electron chi connectivity index (χ1n) is 9.48. The molecule has 1 unspecified atom stereocenters. The van der Waals surface area contributed by atoms with E-state index in [9.17, 15) is 0 Å². The lowest BCUT2D eigenvalue weighted by molar-refractivity contribution is -0.237. The molecule has 25 heavy (non-hydrogen) atoms. The Balaban J connectivity index is 1.63. The van der Waals surface area contributed by atoms with Crippen molar-refractivity contribution in [3.05, 3.63) is 47.5 Å². The minimum absolute atomic E-state index is 0.131. The molecule has 0 amide bonds. The van der Waals surface area contributed by atoms with Crippen LogP contribution in [0.4, 0.5) is 0 Å². The van der Waals surface area contributed by atoms with E-state index in [1.165, 1.54) is 11.1 Å². The highest BCUT2D eigenvalue weighted by molar-refractivity contribution is 5.49. The molecule has 5 rings (SSSR count). The molecular formula is C22H28O3. The summed E-state index contributed by atoms with van der Waals surface area (Å²) >= 11 is 0. The third kappa shape index (κ3) is 1.82. The molecule has 3 nitrogen and oxygen atoms in total. The SMILES string of the molecule is COC1(OC)[C@@H]2C=C[C@H]1[C@@H]1[C@H]2[C@@H]2c3ccccc3[C@H]1C2OC(C)(C)C. The second-order valence-corrected chi connectivity index (χ2v) is 9.10. The summed E-state index contributed by atoms with van der Waals surface area (Å²) in [5.41, 5.74) is 2.85. The Bertz CT molecular complexity index is 678. The smallest absolute Gasteiger partial charge is 0.180 e. The second-order valence-electron chi connectivity index (χ2n) is 9.10. The van der Waals surface area contributed by atoms with Crippen LogP contribution in [0.5, 0.6) is 0 Å². The fourth-order valence-electron chi connectivity index (χ4n) is 6.66. The molecule has 4 bridgehead atoms. The molecule has 0 N–H and O–H groups in total. The Hall–Kier alpha value is -1.16. The van der Waals surface area contributed by atoms with Gasteiger partial charge < -0.3 is 14.2 Å². The van der Waals surface area contributed by atoms with Gasteiger partial charge in [0, 0.05) is 37.9 Å². The Morgan fingerprint density at radius 2 is 1.32 bits per heavy atom. The summed E-state index contributed by atoms with van der Waals surface area (Å²) in [7, 11) is 3.60. The third-order valence-corrected chi connectivity index (χ3v) is 7.11. The van der Waals surface area contributed by atoms with Crippen LogP contribution in [0.3, 0.4) is 0 Å². The molecule has 134 valence electrons. The highest BCUT2D eigenvalue weighted by Gasteiger charge is 2.73. The first-order chi connectivity index (χ1) is 11.9. The average molecular weight is 340 g/mol. The number of benzene rings is 1. The van der Waals surface area contributed by atoms with Crippen LogP contribution in [-0.2, 0) is 14.2 Å². The van der Waals surface area contributed by atoms with Gasteiger partial charge in [-0.2, -0.15) is 0 Å². The van der Waals surface area contributed by atoms with Crippen molar-refractivity contribution in [2.24, 2.45) is 23.7 Å². The van der Waals surface area contributed by atoms with E-state index in [0.717, 1.165) is 0 Å². The Morgan fingerprint density at radius 3 is 1.72 bits per heavy atom. The summed E-state index contributed by atoms with van der Waals surface area (Å²) in [6.07, 6.45) is 4.95. The molecule has 0 aromatic heterocycles. The zero-order valence-corrected chi connectivity index (χ0v) is 15.7. The van der Waals surface area contributed by atoms with E-state index in [1.807, 2.05) is 0 Å². The number of methoxy groups -OCH3 is 2. The topological polar surface area (TPSA) is 27.7 Å². The van der Waals surface area contributed by atoms with Gasteiger partial charge in [0.25, 0.3) is 0 Å². The van der Waals surface area contributed by atoms with E-state index in [-0.39, 0.29) is 11.7 Å². The molecule has 0 saturated heterocycles. The van der Waals surface area contributed by atoms with Gasteiger partial charge in [0.1, 0.15) is 0 Å². The Kier molecular flexibility index (Phi) is 3.19. The molecule has 1 aromatic rings. The minimum Gasteiger partial charge on any atom is -0.371 e. The van der Waals surface area contributed by atoms with Crippen molar-refractivity contribution in [1.82, 2.24) is 0 Å². The molecule has 0 spiro atoms. The molecule has 4 aliphatic rings. The number of fused-ring (bicyclic) bond motifs is 12. The highest BCUT2D eigenvalue weighted by atomic mass is 16.7. The molecule has 2 fully saturated rings. The van der Waals surface area contributed by atoms with Gasteiger partial charge in [-0.1, -0.05) is 36.4 Å². The van der Waals surface area contributed by atoms with E-state index >= 15 is 0 Å². The standard InChI is InChI=1S/C22H28O3/c1-21(2,3)25-20-16-12-8-6-7-9-13(12)17(20)19-15-11-10-14(18(16)19)22(15,23-4)24-5/h6-11,14-20H,1-5H3/t14-,15+,16+,17-,18-,19+,20?. The Morgan fingerprint density at radius 1 is 0.840 bits per heavy atom. The lowest BCUT2D eigenvalue weighted by Crippen LogP contribution is -2.43. The van der Waals surface area contributed by atoms with Gasteiger partial charge in [-0.3, -0.25) is 0 Å². The van der Waals surface area contributed by atoms with E-state index in [2.05, 4.69) is 57.2 Å². The molecule has 0 heterocycles. The zero-order valence-electron chi connectivity index (χ0n) is 15.7. The van der Waals surface area contributed by atoms with Crippen LogP contribution < -0.4 is 0 Å². The zero-order chi connectivity index (χ0) is 17.6. The first-order valence-corrected chi connectivity index (χ1v) is 9.48. The number of ether oxygens (including phenoxy) is 3. The molecule has 4 aliphatic carbocycles. The average Bonchev–Trinajstić information content (AvgIpc) is 3.26. The number of hydrogen-bond donors (Lipinski definition) is 0. The first kappa shape index (κ1) is 16.0. The maximum atomic E-state index is 6.66. The van der Waals surface area contributed by atoms with Gasteiger partial charge in [-0.15, -0.1) is 0 Å². The second kappa shape index (κ2) is 4.97. The van der Waals surface area contributed by atoms with Crippen LogP contribution in [0.15, 0.2) is 36.4 Å². The maximum absolute atomic E-state index is 6.66. The van der Waals surface area contributed by atoms with E-state index < -0.39 is 5.79 Å². The molecule has 0 radical (unpaired) electrons. The Labute approximate surface area is 150 Å². The van der Waals surface area contributed by atoms with Gasteiger partial charge in [-0.05, 0) is 43.7 Å². The quantitative estimate of drug-likeness (QED) is 0.471. The van der Waals surface area contributed by atoms with Crippen molar-refractivity contribution >= 4 is 0 Å². The lowest BCUT2D eigenvalue weighted by atomic mass is 9.71. The predicted molar refractivity (Wildman–Crippen MR) is 96.4 cm³/mol. The third-order valence-electron chi connectivity index (χ3n) is 7.11. The van der Waals surface area contributed by atoms with Crippen LogP contribution in [-0.4, -0.2) is 31.7 Å². The molecule has 7 atom stereocenters. The summed E-state index contributed by atoms with van der Waals surface area (Å²) in [6, 6.07) is 8.97. The van der Waals surface area contributed by atoms with Crippen molar-refractivity contribution < 1.29 is 14.2 Å². The van der Waals surface area contributed by atoms with E-state index in [4.69, 9.17) is 14.2 Å². The van der Waals surface area contributed by atoms with Gasteiger partial charge >= 0.3 is 0 Å². The predicted octanol–water partition coefficient (Wildman–Crippen LogP) is 4.10. The maximum Gasteiger partial charge on any atom is 0.180 e. The molecular weight excluding hydrogens is 312 g/mol. The monoisotopic (exact) mass is 340 g/mol. The largest absolute Gasteiger partial charge is 0.371 e. The van der Waals surface area contributed by atoms with Crippen molar-refractivity contribution in [2.45, 2.75) is 50.1 Å². The minimum atomic E-state index is -0.486. The number of rotatable bonds is 3. The van der Waals surface area contributed by atoms with Crippen LogP contribution in [0.1, 0.15) is 43.7 Å². The van der Waals surface area contributed by atoms with Gasteiger partial charge in [-0.25, -0.2) is 0 Å². The summed E-state index contributed by atoms with van der Waals surface area (Å²) < 4.78 is 18.7. The highest BCUT2D eigenvalue weighted by Crippen LogP contribution is 2.73. The summed E-state index contributed by atoms with van der Waals surface area (Å²) in [5.74, 6) is 2.11. The van der Waals surface area contributed by atoms with Crippen LogP contribution >= 0.6 is 0 Å². The van der Waals surface area contributed by atoms with Crippen molar-refractivity contribution in [1.29, 1.82) is 0 Å². The van der Waals surface area contributed by atoms with Gasteiger partial charge in [0.2, 0.25) is 0 Å². The molecule has 1 aromatic carbocycles. The lowest BCUT2D eigenvalue weighted by Gasteiger charge is -2.36. The van der Waals surface area contributed by atoms with Crippen molar-refractivity contribution in [3.63, 3.8) is 0 Å². The summed E-state index contributed by atoms with van der Waals surface area (Å²) in [5, 5.41) is 0. The normalized spacial score (nSPS) is 42.0. The summed E-state index contributed by atoms with van der Waals surface area (Å²) in [6.45, 7) is 6.52.